The minimum atomic E-state index is -0.0716. The van der Waals surface area contributed by atoms with Crippen LogP contribution in [0.1, 0.15) is 26.7 Å². The Labute approximate surface area is 124 Å². The first-order valence-electron chi connectivity index (χ1n) is 7.33. The van der Waals surface area contributed by atoms with Crippen LogP contribution in [0.4, 0.5) is 4.79 Å². The summed E-state index contributed by atoms with van der Waals surface area (Å²) in [6.45, 7) is 5.47. The maximum Gasteiger partial charge on any atom is 0.317 e. The lowest BCUT2D eigenvalue weighted by atomic mass is 10.1. The fraction of sp³-hybridized carbons (Fsp3) is 0.643. The third kappa shape index (κ3) is 4.77. The average Bonchev–Trinajstić information content (AvgIpc) is 2.90. The van der Waals surface area contributed by atoms with E-state index in [4.69, 9.17) is 0 Å². The number of rotatable bonds is 4. The van der Waals surface area contributed by atoms with Crippen LogP contribution in [-0.2, 0) is 11.3 Å². The molecule has 1 aromatic rings. The molecule has 0 bridgehead atoms. The van der Waals surface area contributed by atoms with Gasteiger partial charge in [-0.1, -0.05) is 0 Å². The largest absolute Gasteiger partial charge is 0.352 e. The Morgan fingerprint density at radius 3 is 2.95 bits per heavy atom. The van der Waals surface area contributed by atoms with E-state index in [-0.39, 0.29) is 24.0 Å². The standard InChI is InChI=1S/C14H23N5O2/c1-11(8-18-7-5-15-10-18)16-14(21)19-6-3-4-13(9-19)17-12(2)20/h5,7,10-11,13H,3-4,6,8-9H2,1-2H3,(H,16,21)(H,17,20)/t11-,13-/m1/s1. The Morgan fingerprint density at radius 2 is 2.29 bits per heavy atom. The van der Waals surface area contributed by atoms with Crippen molar-refractivity contribution in [3.63, 3.8) is 0 Å². The maximum atomic E-state index is 12.2. The third-order valence-corrected chi connectivity index (χ3v) is 3.53. The first-order valence-corrected chi connectivity index (χ1v) is 7.33. The molecule has 7 heteroatoms. The summed E-state index contributed by atoms with van der Waals surface area (Å²) in [7, 11) is 0. The number of nitrogens with one attached hydrogen (secondary N) is 2. The van der Waals surface area contributed by atoms with Crippen LogP contribution >= 0.6 is 0 Å². The van der Waals surface area contributed by atoms with Gasteiger partial charge in [-0.15, -0.1) is 0 Å². The summed E-state index contributed by atoms with van der Waals surface area (Å²) in [5, 5.41) is 5.87. The van der Waals surface area contributed by atoms with Crippen molar-refractivity contribution in [2.75, 3.05) is 13.1 Å². The Morgan fingerprint density at radius 1 is 1.48 bits per heavy atom. The second kappa shape index (κ2) is 7.10. The number of urea groups is 1. The van der Waals surface area contributed by atoms with E-state index in [0.717, 1.165) is 19.4 Å². The van der Waals surface area contributed by atoms with Crippen molar-refractivity contribution in [3.05, 3.63) is 18.7 Å². The molecule has 0 spiro atoms. The molecule has 0 radical (unpaired) electrons. The molecule has 116 valence electrons. The number of aromatic nitrogens is 2. The zero-order chi connectivity index (χ0) is 15.2. The average molecular weight is 293 g/mol. The van der Waals surface area contributed by atoms with Gasteiger partial charge in [0.25, 0.3) is 0 Å². The summed E-state index contributed by atoms with van der Waals surface area (Å²) in [6, 6.07) is 0.0106. The molecule has 1 aromatic heterocycles. The Balaban J connectivity index is 1.80. The van der Waals surface area contributed by atoms with Gasteiger partial charge in [-0.05, 0) is 19.8 Å². The number of piperidine rings is 1. The number of hydrogen-bond donors (Lipinski definition) is 2. The number of amides is 3. The molecule has 2 heterocycles. The molecule has 1 saturated heterocycles. The number of imidazole rings is 1. The molecule has 7 nitrogen and oxygen atoms in total. The second-order valence-corrected chi connectivity index (χ2v) is 5.60. The van der Waals surface area contributed by atoms with Gasteiger partial charge >= 0.3 is 6.03 Å². The molecule has 2 N–H and O–H groups in total. The molecule has 0 unspecified atom stereocenters. The van der Waals surface area contributed by atoms with Crippen LogP contribution in [-0.4, -0.2) is 51.6 Å². The van der Waals surface area contributed by atoms with E-state index < -0.39 is 0 Å². The van der Waals surface area contributed by atoms with Crippen molar-refractivity contribution in [3.8, 4) is 0 Å². The van der Waals surface area contributed by atoms with Crippen LogP contribution in [0.5, 0.6) is 0 Å². The van der Waals surface area contributed by atoms with Crippen molar-refractivity contribution in [2.24, 2.45) is 0 Å². The van der Waals surface area contributed by atoms with Gasteiger partial charge < -0.3 is 20.1 Å². The van der Waals surface area contributed by atoms with Gasteiger partial charge in [-0.2, -0.15) is 0 Å². The third-order valence-electron chi connectivity index (χ3n) is 3.53. The molecule has 1 aliphatic rings. The van der Waals surface area contributed by atoms with Crippen molar-refractivity contribution >= 4 is 11.9 Å². The summed E-state index contributed by atoms with van der Waals surface area (Å²) in [6.07, 6.45) is 7.16. The van der Waals surface area contributed by atoms with E-state index >= 15 is 0 Å². The maximum absolute atomic E-state index is 12.2. The highest BCUT2D eigenvalue weighted by molar-refractivity contribution is 5.75. The van der Waals surface area contributed by atoms with Crippen LogP contribution in [0.15, 0.2) is 18.7 Å². The topological polar surface area (TPSA) is 79.3 Å². The van der Waals surface area contributed by atoms with Crippen molar-refractivity contribution in [1.29, 1.82) is 0 Å². The molecular weight excluding hydrogens is 270 g/mol. The van der Waals surface area contributed by atoms with E-state index in [2.05, 4.69) is 15.6 Å². The van der Waals surface area contributed by atoms with Gasteiger partial charge in [0.1, 0.15) is 0 Å². The lowest BCUT2D eigenvalue weighted by molar-refractivity contribution is -0.119. The predicted molar refractivity (Wildman–Crippen MR) is 78.6 cm³/mol. The SMILES string of the molecule is CC(=O)N[C@@H]1CCCN(C(=O)N[C@H](C)Cn2ccnc2)C1. The van der Waals surface area contributed by atoms with Gasteiger partial charge in [-0.25, -0.2) is 9.78 Å². The number of hydrogen-bond acceptors (Lipinski definition) is 3. The van der Waals surface area contributed by atoms with Crippen LogP contribution < -0.4 is 10.6 Å². The van der Waals surface area contributed by atoms with Gasteiger partial charge in [0.2, 0.25) is 5.91 Å². The highest BCUT2D eigenvalue weighted by atomic mass is 16.2. The van der Waals surface area contributed by atoms with E-state index in [9.17, 15) is 9.59 Å². The molecule has 2 rings (SSSR count). The molecule has 0 aromatic carbocycles. The van der Waals surface area contributed by atoms with Gasteiger partial charge in [0.05, 0.1) is 6.33 Å². The lowest BCUT2D eigenvalue weighted by Crippen LogP contribution is -2.53. The lowest BCUT2D eigenvalue weighted by Gasteiger charge is -2.33. The smallest absolute Gasteiger partial charge is 0.317 e. The van der Waals surface area contributed by atoms with Crippen molar-refractivity contribution in [1.82, 2.24) is 25.1 Å². The van der Waals surface area contributed by atoms with Crippen molar-refractivity contribution < 1.29 is 9.59 Å². The molecule has 2 atom stereocenters. The minimum absolute atomic E-state index is 0.0212. The van der Waals surface area contributed by atoms with Gasteiger partial charge in [0, 0.05) is 51.0 Å². The van der Waals surface area contributed by atoms with Crippen LogP contribution in [0.25, 0.3) is 0 Å². The highest BCUT2D eigenvalue weighted by Gasteiger charge is 2.24. The highest BCUT2D eigenvalue weighted by Crippen LogP contribution is 2.10. The van der Waals surface area contributed by atoms with Gasteiger partial charge in [0.15, 0.2) is 0 Å². The summed E-state index contributed by atoms with van der Waals surface area (Å²) in [5.41, 5.74) is 0. The molecular formula is C14H23N5O2. The Hall–Kier alpha value is -2.05. The van der Waals surface area contributed by atoms with E-state index in [1.165, 1.54) is 6.92 Å². The zero-order valence-corrected chi connectivity index (χ0v) is 12.6. The van der Waals surface area contributed by atoms with Crippen LogP contribution in [0, 0.1) is 0 Å². The second-order valence-electron chi connectivity index (χ2n) is 5.60. The number of likely N-dealkylation sites (tertiary alicyclic amines) is 1. The fourth-order valence-electron chi connectivity index (χ4n) is 2.63. The Bertz CT molecular complexity index is 474. The molecule has 21 heavy (non-hydrogen) atoms. The molecule has 0 saturated carbocycles. The minimum Gasteiger partial charge on any atom is -0.352 e. The predicted octanol–water partition coefficient (Wildman–Crippen LogP) is 0.582. The normalized spacial score (nSPS) is 19.9. The zero-order valence-electron chi connectivity index (χ0n) is 12.6. The van der Waals surface area contributed by atoms with Crippen LogP contribution in [0.2, 0.25) is 0 Å². The number of carbonyl (C=O) groups is 2. The van der Waals surface area contributed by atoms with Crippen LogP contribution in [0.3, 0.4) is 0 Å². The Kier molecular flexibility index (Phi) is 5.19. The molecule has 1 aliphatic heterocycles. The van der Waals surface area contributed by atoms with E-state index in [1.807, 2.05) is 17.7 Å². The molecule has 1 fully saturated rings. The summed E-state index contributed by atoms with van der Waals surface area (Å²) >= 11 is 0. The van der Waals surface area contributed by atoms with E-state index in [0.29, 0.717) is 13.1 Å². The molecule has 3 amide bonds. The quantitative estimate of drug-likeness (QED) is 0.852. The summed E-state index contributed by atoms with van der Waals surface area (Å²) < 4.78 is 1.93. The first kappa shape index (κ1) is 15.3. The monoisotopic (exact) mass is 293 g/mol. The van der Waals surface area contributed by atoms with Gasteiger partial charge in [-0.3, -0.25) is 4.79 Å². The summed E-state index contributed by atoms with van der Waals surface area (Å²) in [5.74, 6) is -0.0456. The number of carbonyl (C=O) groups excluding carboxylic acids is 2. The van der Waals surface area contributed by atoms with Crippen molar-refractivity contribution in [2.45, 2.75) is 45.3 Å². The molecule has 0 aliphatic carbocycles. The van der Waals surface area contributed by atoms with E-state index in [1.54, 1.807) is 17.4 Å². The first-order chi connectivity index (χ1) is 10.0. The number of nitrogens with zero attached hydrogens (tertiary/aromatic N) is 3. The fourth-order valence-corrected chi connectivity index (χ4v) is 2.63. The summed E-state index contributed by atoms with van der Waals surface area (Å²) in [4.78, 5) is 29.1.